The van der Waals surface area contributed by atoms with E-state index in [9.17, 15) is 4.79 Å². The SMILES string of the molecule is C#CCOc1ccc(OC)cc1/C=N/NC(=O)c1ccc(OCC)cc1. The van der Waals surface area contributed by atoms with Gasteiger partial charge in [-0.05, 0) is 49.4 Å². The van der Waals surface area contributed by atoms with Crippen molar-refractivity contribution in [1.82, 2.24) is 5.43 Å². The zero-order valence-corrected chi connectivity index (χ0v) is 14.7. The summed E-state index contributed by atoms with van der Waals surface area (Å²) in [5.41, 5.74) is 3.58. The molecule has 0 saturated carbocycles. The number of nitrogens with one attached hydrogen (secondary N) is 1. The highest BCUT2D eigenvalue weighted by molar-refractivity contribution is 5.95. The number of terminal acetylenes is 1. The predicted molar refractivity (Wildman–Crippen MR) is 100.0 cm³/mol. The average Bonchev–Trinajstić information content (AvgIpc) is 2.67. The average molecular weight is 352 g/mol. The van der Waals surface area contributed by atoms with Crippen molar-refractivity contribution in [2.75, 3.05) is 20.3 Å². The fraction of sp³-hybridized carbons (Fsp3) is 0.200. The first-order valence-electron chi connectivity index (χ1n) is 7.98. The summed E-state index contributed by atoms with van der Waals surface area (Å²) in [6, 6.07) is 12.0. The van der Waals surface area contributed by atoms with E-state index in [0.29, 0.717) is 35.0 Å². The number of carbonyl (C=O) groups excluding carboxylic acids is 1. The van der Waals surface area contributed by atoms with Crippen LogP contribution < -0.4 is 19.6 Å². The molecule has 0 atom stereocenters. The van der Waals surface area contributed by atoms with Gasteiger partial charge in [-0.25, -0.2) is 5.43 Å². The van der Waals surface area contributed by atoms with Crippen LogP contribution in [-0.2, 0) is 0 Å². The van der Waals surface area contributed by atoms with Crippen molar-refractivity contribution in [3.05, 3.63) is 53.6 Å². The van der Waals surface area contributed by atoms with E-state index in [1.165, 1.54) is 6.21 Å². The molecule has 0 fully saturated rings. The van der Waals surface area contributed by atoms with Gasteiger partial charge in [0.15, 0.2) is 0 Å². The summed E-state index contributed by atoms with van der Waals surface area (Å²) in [4.78, 5) is 12.1. The Labute approximate surface area is 152 Å². The van der Waals surface area contributed by atoms with E-state index in [-0.39, 0.29) is 12.5 Å². The lowest BCUT2D eigenvalue weighted by Gasteiger charge is -2.08. The standard InChI is InChI=1S/C20H20N2O4/c1-4-12-26-19-11-10-18(24-3)13-16(19)14-21-22-20(23)15-6-8-17(9-7-15)25-5-2/h1,6-11,13-14H,5,12H2,2-3H3,(H,22,23)/b21-14+. The molecule has 0 aliphatic carbocycles. The molecule has 2 aromatic carbocycles. The number of rotatable bonds is 8. The van der Waals surface area contributed by atoms with Gasteiger partial charge in [0.2, 0.25) is 0 Å². The molecule has 0 aliphatic rings. The van der Waals surface area contributed by atoms with Crippen LogP contribution in [0.1, 0.15) is 22.8 Å². The number of nitrogens with zero attached hydrogens (tertiary/aromatic N) is 1. The second-order valence-electron chi connectivity index (χ2n) is 5.05. The molecular formula is C20H20N2O4. The Morgan fingerprint density at radius 2 is 1.92 bits per heavy atom. The molecule has 0 bridgehead atoms. The van der Waals surface area contributed by atoms with Crippen molar-refractivity contribution < 1.29 is 19.0 Å². The van der Waals surface area contributed by atoms with Gasteiger partial charge in [0.05, 0.1) is 19.9 Å². The lowest BCUT2D eigenvalue weighted by atomic mass is 10.2. The molecule has 1 amide bonds. The second-order valence-corrected chi connectivity index (χ2v) is 5.05. The summed E-state index contributed by atoms with van der Waals surface area (Å²) in [5, 5.41) is 3.98. The predicted octanol–water partition coefficient (Wildman–Crippen LogP) is 2.87. The van der Waals surface area contributed by atoms with Crippen molar-refractivity contribution in [2.45, 2.75) is 6.92 Å². The van der Waals surface area contributed by atoms with Crippen LogP contribution in [-0.4, -0.2) is 32.4 Å². The third kappa shape index (κ3) is 5.28. The Balaban J connectivity index is 2.06. The Hall–Kier alpha value is -3.46. The Bertz CT molecular complexity index is 808. The largest absolute Gasteiger partial charge is 0.497 e. The summed E-state index contributed by atoms with van der Waals surface area (Å²) in [6.45, 7) is 2.60. The molecule has 1 N–H and O–H groups in total. The normalized spacial score (nSPS) is 10.2. The Morgan fingerprint density at radius 3 is 2.58 bits per heavy atom. The summed E-state index contributed by atoms with van der Waals surface area (Å²) in [7, 11) is 1.56. The van der Waals surface area contributed by atoms with E-state index in [0.717, 1.165) is 0 Å². The van der Waals surface area contributed by atoms with Crippen LogP contribution in [0.2, 0.25) is 0 Å². The first kappa shape index (κ1) is 18.9. The van der Waals surface area contributed by atoms with Gasteiger partial charge in [0.25, 0.3) is 5.91 Å². The van der Waals surface area contributed by atoms with Gasteiger partial charge in [-0.3, -0.25) is 4.79 Å². The van der Waals surface area contributed by atoms with Crippen LogP contribution in [0.3, 0.4) is 0 Å². The van der Waals surface area contributed by atoms with E-state index in [1.54, 1.807) is 49.6 Å². The number of ether oxygens (including phenoxy) is 3. The van der Waals surface area contributed by atoms with Crippen LogP contribution in [0, 0.1) is 12.3 Å². The van der Waals surface area contributed by atoms with Crippen LogP contribution in [0.15, 0.2) is 47.6 Å². The zero-order valence-electron chi connectivity index (χ0n) is 14.7. The second kappa shape index (κ2) is 9.74. The van der Waals surface area contributed by atoms with Crippen molar-refractivity contribution in [1.29, 1.82) is 0 Å². The molecule has 6 nitrogen and oxygen atoms in total. The number of hydrogen-bond acceptors (Lipinski definition) is 5. The molecular weight excluding hydrogens is 332 g/mol. The molecule has 6 heteroatoms. The first-order valence-corrected chi connectivity index (χ1v) is 7.98. The maximum Gasteiger partial charge on any atom is 0.271 e. The van der Waals surface area contributed by atoms with E-state index in [1.807, 2.05) is 6.92 Å². The van der Waals surface area contributed by atoms with Crippen LogP contribution in [0.4, 0.5) is 0 Å². The fourth-order valence-electron chi connectivity index (χ4n) is 2.10. The quantitative estimate of drug-likeness (QED) is 0.451. The molecule has 0 aromatic heterocycles. The van der Waals surface area contributed by atoms with Crippen molar-refractivity contribution in [2.24, 2.45) is 5.10 Å². The number of benzene rings is 2. The highest BCUT2D eigenvalue weighted by Gasteiger charge is 2.06. The number of methoxy groups -OCH3 is 1. The van der Waals surface area contributed by atoms with Crippen molar-refractivity contribution in [3.8, 4) is 29.6 Å². The van der Waals surface area contributed by atoms with Gasteiger partial charge in [0.1, 0.15) is 23.9 Å². The van der Waals surface area contributed by atoms with E-state index >= 15 is 0 Å². The summed E-state index contributed by atoms with van der Waals surface area (Å²) < 4.78 is 16.0. The molecule has 134 valence electrons. The Morgan fingerprint density at radius 1 is 1.19 bits per heavy atom. The van der Waals surface area contributed by atoms with Gasteiger partial charge in [0, 0.05) is 11.1 Å². The molecule has 0 spiro atoms. The smallest absolute Gasteiger partial charge is 0.271 e. The van der Waals surface area contributed by atoms with E-state index in [4.69, 9.17) is 20.6 Å². The topological polar surface area (TPSA) is 69.2 Å². The molecule has 0 unspecified atom stereocenters. The lowest BCUT2D eigenvalue weighted by molar-refractivity contribution is 0.0955. The van der Waals surface area contributed by atoms with Crippen LogP contribution in [0.5, 0.6) is 17.2 Å². The molecule has 0 heterocycles. The molecule has 2 rings (SSSR count). The summed E-state index contributed by atoms with van der Waals surface area (Å²) >= 11 is 0. The van der Waals surface area contributed by atoms with Gasteiger partial charge in [-0.1, -0.05) is 5.92 Å². The third-order valence-electron chi connectivity index (χ3n) is 3.33. The van der Waals surface area contributed by atoms with Gasteiger partial charge >= 0.3 is 0 Å². The van der Waals surface area contributed by atoms with Crippen LogP contribution >= 0.6 is 0 Å². The number of carbonyl (C=O) groups is 1. The first-order chi connectivity index (χ1) is 12.7. The van der Waals surface area contributed by atoms with Gasteiger partial charge in [-0.15, -0.1) is 6.42 Å². The monoisotopic (exact) mass is 352 g/mol. The highest BCUT2D eigenvalue weighted by atomic mass is 16.5. The van der Waals surface area contributed by atoms with Crippen molar-refractivity contribution in [3.63, 3.8) is 0 Å². The fourth-order valence-corrected chi connectivity index (χ4v) is 2.10. The maximum absolute atomic E-state index is 12.1. The Kier molecular flexibility index (Phi) is 7.07. The minimum atomic E-state index is -0.335. The molecule has 0 radical (unpaired) electrons. The molecule has 2 aromatic rings. The molecule has 0 aliphatic heterocycles. The highest BCUT2D eigenvalue weighted by Crippen LogP contribution is 2.22. The number of hydrogen-bond donors (Lipinski definition) is 1. The van der Waals surface area contributed by atoms with Gasteiger partial charge in [-0.2, -0.15) is 5.10 Å². The summed E-state index contributed by atoms with van der Waals surface area (Å²) in [5.74, 6) is 3.96. The lowest BCUT2D eigenvalue weighted by Crippen LogP contribution is -2.17. The van der Waals surface area contributed by atoms with E-state index in [2.05, 4.69) is 16.4 Å². The summed E-state index contributed by atoms with van der Waals surface area (Å²) in [6.07, 6.45) is 6.69. The molecule has 0 saturated heterocycles. The number of hydrazone groups is 1. The minimum absolute atomic E-state index is 0.131. The minimum Gasteiger partial charge on any atom is -0.497 e. The maximum atomic E-state index is 12.1. The van der Waals surface area contributed by atoms with Crippen LogP contribution in [0.25, 0.3) is 0 Å². The third-order valence-corrected chi connectivity index (χ3v) is 3.33. The molecule has 26 heavy (non-hydrogen) atoms. The zero-order chi connectivity index (χ0) is 18.8. The van der Waals surface area contributed by atoms with Gasteiger partial charge < -0.3 is 14.2 Å². The number of amides is 1. The van der Waals surface area contributed by atoms with Crippen molar-refractivity contribution >= 4 is 12.1 Å². The van der Waals surface area contributed by atoms with E-state index < -0.39 is 0 Å².